The van der Waals surface area contributed by atoms with Gasteiger partial charge < -0.3 is 15.4 Å². The number of carboxylic acid groups (broad SMARTS) is 1. The summed E-state index contributed by atoms with van der Waals surface area (Å²) in [6.07, 6.45) is 1.54. The van der Waals surface area contributed by atoms with Crippen molar-refractivity contribution in [2.75, 3.05) is 0 Å². The zero-order valence-electron chi connectivity index (χ0n) is 7.86. The van der Waals surface area contributed by atoms with Gasteiger partial charge >= 0.3 is 5.97 Å². The Morgan fingerprint density at radius 1 is 1.79 bits per heavy atom. The number of hydrogen-bond acceptors (Lipinski definition) is 4. The molecule has 0 saturated heterocycles. The molecule has 5 heteroatoms. The lowest BCUT2D eigenvalue weighted by molar-refractivity contribution is -0.139. The number of carbonyl (C=O) groups is 1. The van der Waals surface area contributed by atoms with E-state index in [1.54, 1.807) is 13.0 Å². The van der Waals surface area contributed by atoms with Crippen LogP contribution < -0.4 is 5.73 Å². The van der Waals surface area contributed by atoms with E-state index in [0.717, 1.165) is 12.8 Å². The molecule has 0 amide bonds. The summed E-state index contributed by atoms with van der Waals surface area (Å²) < 4.78 is 4.92. The second kappa shape index (κ2) is 2.81. The SMILES string of the molecule is Cc1cc(C2(C(N)C(=O)O)CC2)no1. The number of carboxylic acids is 1. The van der Waals surface area contributed by atoms with Crippen LogP contribution in [0.3, 0.4) is 0 Å². The smallest absolute Gasteiger partial charge is 0.321 e. The van der Waals surface area contributed by atoms with E-state index in [0.29, 0.717) is 11.5 Å². The van der Waals surface area contributed by atoms with Gasteiger partial charge in [0.15, 0.2) is 0 Å². The van der Waals surface area contributed by atoms with Gasteiger partial charge in [0.25, 0.3) is 0 Å². The summed E-state index contributed by atoms with van der Waals surface area (Å²) in [5.74, 6) is -0.299. The largest absolute Gasteiger partial charge is 0.480 e. The van der Waals surface area contributed by atoms with Crippen LogP contribution in [0, 0.1) is 6.92 Å². The first-order valence-corrected chi connectivity index (χ1v) is 4.48. The van der Waals surface area contributed by atoms with Crippen molar-refractivity contribution in [3.8, 4) is 0 Å². The van der Waals surface area contributed by atoms with Gasteiger partial charge in [0.05, 0.1) is 5.69 Å². The summed E-state index contributed by atoms with van der Waals surface area (Å²) in [4.78, 5) is 10.8. The van der Waals surface area contributed by atoms with Crippen LogP contribution in [0.25, 0.3) is 0 Å². The molecule has 1 atom stereocenters. The van der Waals surface area contributed by atoms with Crippen molar-refractivity contribution < 1.29 is 14.4 Å². The molecule has 1 aromatic rings. The van der Waals surface area contributed by atoms with Gasteiger partial charge in [-0.3, -0.25) is 4.79 Å². The van der Waals surface area contributed by atoms with E-state index in [4.69, 9.17) is 15.4 Å². The molecule has 0 aliphatic heterocycles. The van der Waals surface area contributed by atoms with E-state index in [2.05, 4.69) is 5.16 Å². The average Bonchev–Trinajstić information content (AvgIpc) is 2.83. The van der Waals surface area contributed by atoms with Crippen molar-refractivity contribution in [2.24, 2.45) is 5.73 Å². The third-order valence-electron chi connectivity index (χ3n) is 2.79. The van der Waals surface area contributed by atoms with Crippen LogP contribution in [0.2, 0.25) is 0 Å². The Hall–Kier alpha value is -1.36. The minimum Gasteiger partial charge on any atom is -0.480 e. The first-order valence-electron chi connectivity index (χ1n) is 4.48. The maximum absolute atomic E-state index is 10.8. The van der Waals surface area contributed by atoms with Crippen molar-refractivity contribution in [3.05, 3.63) is 17.5 Å². The first-order chi connectivity index (χ1) is 6.56. The fraction of sp³-hybridized carbons (Fsp3) is 0.556. The summed E-state index contributed by atoms with van der Waals surface area (Å²) >= 11 is 0. The highest BCUT2D eigenvalue weighted by Crippen LogP contribution is 2.49. The molecule has 2 rings (SSSR count). The maximum atomic E-state index is 10.8. The number of rotatable bonds is 3. The van der Waals surface area contributed by atoms with Gasteiger partial charge in [-0.1, -0.05) is 5.16 Å². The molecule has 14 heavy (non-hydrogen) atoms. The molecule has 0 bridgehead atoms. The fourth-order valence-electron chi connectivity index (χ4n) is 1.70. The molecule has 1 aliphatic carbocycles. The van der Waals surface area contributed by atoms with E-state index in [1.165, 1.54) is 0 Å². The molecule has 0 radical (unpaired) electrons. The Kier molecular flexibility index (Phi) is 1.85. The van der Waals surface area contributed by atoms with E-state index in [9.17, 15) is 4.79 Å². The zero-order valence-corrected chi connectivity index (χ0v) is 7.86. The Balaban J connectivity index is 2.29. The molecule has 76 valence electrons. The highest BCUT2D eigenvalue weighted by Gasteiger charge is 2.54. The number of aliphatic carboxylic acids is 1. The van der Waals surface area contributed by atoms with E-state index >= 15 is 0 Å². The Morgan fingerprint density at radius 2 is 2.43 bits per heavy atom. The number of aromatic nitrogens is 1. The molecule has 1 aromatic heterocycles. The predicted molar refractivity (Wildman–Crippen MR) is 47.8 cm³/mol. The summed E-state index contributed by atoms with van der Waals surface area (Å²) in [6.45, 7) is 1.78. The molecule has 1 saturated carbocycles. The van der Waals surface area contributed by atoms with Crippen molar-refractivity contribution in [1.82, 2.24) is 5.16 Å². The second-order valence-corrected chi connectivity index (χ2v) is 3.79. The van der Waals surface area contributed by atoms with Crippen LogP contribution in [0.1, 0.15) is 24.3 Å². The minimum atomic E-state index is -0.983. The van der Waals surface area contributed by atoms with Gasteiger partial charge in [-0.2, -0.15) is 0 Å². The summed E-state index contributed by atoms with van der Waals surface area (Å²) in [7, 11) is 0. The highest BCUT2D eigenvalue weighted by atomic mass is 16.5. The lowest BCUT2D eigenvalue weighted by Gasteiger charge is -2.15. The van der Waals surface area contributed by atoms with Gasteiger partial charge in [-0.25, -0.2) is 0 Å². The highest BCUT2D eigenvalue weighted by molar-refractivity contribution is 5.76. The Morgan fingerprint density at radius 3 is 2.79 bits per heavy atom. The Bertz CT molecular complexity index is 368. The Labute approximate surface area is 80.9 Å². The topological polar surface area (TPSA) is 89.4 Å². The van der Waals surface area contributed by atoms with E-state index in [1.807, 2.05) is 0 Å². The quantitative estimate of drug-likeness (QED) is 0.731. The molecular formula is C9H12N2O3. The molecular weight excluding hydrogens is 184 g/mol. The predicted octanol–water partition coefficient (Wildman–Crippen LogP) is 0.427. The lowest BCUT2D eigenvalue weighted by Crippen LogP contribution is -2.42. The molecule has 1 fully saturated rings. The van der Waals surface area contributed by atoms with E-state index in [-0.39, 0.29) is 0 Å². The third-order valence-corrected chi connectivity index (χ3v) is 2.79. The van der Waals surface area contributed by atoms with Gasteiger partial charge in [0, 0.05) is 11.5 Å². The standard InChI is InChI=1S/C9H12N2O3/c1-5-4-6(11-14-5)9(2-3-9)7(10)8(12)13/h4,7H,2-3,10H2,1H3,(H,12,13). The average molecular weight is 196 g/mol. The van der Waals surface area contributed by atoms with E-state index < -0.39 is 17.4 Å². The minimum absolute atomic E-state index is 0.483. The molecule has 0 aromatic carbocycles. The molecule has 0 spiro atoms. The van der Waals surface area contributed by atoms with Gasteiger partial charge in [0.2, 0.25) is 0 Å². The zero-order chi connectivity index (χ0) is 10.3. The molecule has 1 heterocycles. The maximum Gasteiger partial charge on any atom is 0.321 e. The second-order valence-electron chi connectivity index (χ2n) is 3.79. The number of nitrogens with two attached hydrogens (primary N) is 1. The summed E-state index contributed by atoms with van der Waals surface area (Å²) in [5.41, 5.74) is 5.81. The first kappa shape index (κ1) is 9.21. The molecule has 3 N–H and O–H groups in total. The molecule has 1 aliphatic rings. The van der Waals surface area contributed by atoms with Crippen molar-refractivity contribution in [3.63, 3.8) is 0 Å². The monoisotopic (exact) mass is 196 g/mol. The van der Waals surface area contributed by atoms with Crippen LogP contribution in [-0.4, -0.2) is 22.3 Å². The van der Waals surface area contributed by atoms with Gasteiger partial charge in [-0.05, 0) is 19.8 Å². The lowest BCUT2D eigenvalue weighted by atomic mass is 9.93. The van der Waals surface area contributed by atoms with Gasteiger partial charge in [0.1, 0.15) is 11.8 Å². The van der Waals surface area contributed by atoms with Crippen LogP contribution >= 0.6 is 0 Å². The fourth-order valence-corrected chi connectivity index (χ4v) is 1.70. The third kappa shape index (κ3) is 1.21. The number of nitrogens with zero attached hydrogens (tertiary/aromatic N) is 1. The van der Waals surface area contributed by atoms with Crippen molar-refractivity contribution in [1.29, 1.82) is 0 Å². The van der Waals surface area contributed by atoms with Crippen molar-refractivity contribution in [2.45, 2.75) is 31.2 Å². The number of hydrogen-bond donors (Lipinski definition) is 2. The normalized spacial score (nSPS) is 20.4. The van der Waals surface area contributed by atoms with Crippen molar-refractivity contribution >= 4 is 5.97 Å². The molecule has 5 nitrogen and oxygen atoms in total. The van der Waals surface area contributed by atoms with Crippen LogP contribution in [-0.2, 0) is 10.2 Å². The van der Waals surface area contributed by atoms with Crippen LogP contribution in [0.4, 0.5) is 0 Å². The van der Waals surface area contributed by atoms with Crippen LogP contribution in [0.5, 0.6) is 0 Å². The summed E-state index contributed by atoms with van der Waals surface area (Å²) in [5, 5.41) is 12.7. The molecule has 1 unspecified atom stereocenters. The summed E-state index contributed by atoms with van der Waals surface area (Å²) in [6, 6.07) is 0.877. The van der Waals surface area contributed by atoms with Crippen LogP contribution in [0.15, 0.2) is 10.6 Å². The number of aryl methyl sites for hydroxylation is 1. The van der Waals surface area contributed by atoms with Gasteiger partial charge in [-0.15, -0.1) is 0 Å².